The van der Waals surface area contributed by atoms with Crippen LogP contribution in [-0.2, 0) is 6.54 Å². The van der Waals surface area contributed by atoms with Crippen LogP contribution in [0.5, 0.6) is 0 Å². The van der Waals surface area contributed by atoms with Gasteiger partial charge in [-0.2, -0.15) is 8.78 Å². The Balaban J connectivity index is 0.00000200. The molecule has 20 heavy (non-hydrogen) atoms. The van der Waals surface area contributed by atoms with Crippen molar-refractivity contribution < 1.29 is 8.78 Å². The topological polar surface area (TPSA) is 29.3 Å². The summed E-state index contributed by atoms with van der Waals surface area (Å²) >= 11 is 0.591. The largest absolute Gasteiger partial charge is 0.328 e. The maximum absolute atomic E-state index is 12.2. The van der Waals surface area contributed by atoms with Gasteiger partial charge in [-0.1, -0.05) is 23.9 Å². The molecule has 0 radical (unpaired) electrons. The van der Waals surface area contributed by atoms with Gasteiger partial charge in [0.25, 0.3) is 5.76 Å². The first-order valence-electron chi connectivity index (χ1n) is 6.56. The number of nitrogens with two attached hydrogens (primary N) is 1. The minimum Gasteiger partial charge on any atom is -0.328 e. The van der Waals surface area contributed by atoms with E-state index < -0.39 is 5.76 Å². The van der Waals surface area contributed by atoms with Gasteiger partial charge in [0.1, 0.15) is 0 Å². The monoisotopic (exact) mass is 322 g/mol. The third kappa shape index (κ3) is 5.20. The van der Waals surface area contributed by atoms with Crippen molar-refractivity contribution in [2.75, 3.05) is 13.1 Å². The quantitative estimate of drug-likeness (QED) is 0.840. The summed E-state index contributed by atoms with van der Waals surface area (Å²) in [5.41, 5.74) is 7.09. The van der Waals surface area contributed by atoms with Gasteiger partial charge >= 0.3 is 0 Å². The number of hydrogen-bond donors (Lipinski definition) is 1. The van der Waals surface area contributed by atoms with Crippen molar-refractivity contribution in [3.05, 3.63) is 29.8 Å². The van der Waals surface area contributed by atoms with Crippen molar-refractivity contribution in [2.45, 2.75) is 36.6 Å². The van der Waals surface area contributed by atoms with E-state index in [0.29, 0.717) is 22.6 Å². The van der Waals surface area contributed by atoms with Crippen LogP contribution in [0.3, 0.4) is 0 Å². The summed E-state index contributed by atoms with van der Waals surface area (Å²) in [6.45, 7) is 5.04. The SMILES string of the molecule is CC(N)C1CCN(Cc2ccc(SC(F)F)cc2)C1.Cl. The van der Waals surface area contributed by atoms with Gasteiger partial charge in [0.2, 0.25) is 0 Å². The van der Waals surface area contributed by atoms with E-state index in [4.69, 9.17) is 5.73 Å². The lowest BCUT2D eigenvalue weighted by Gasteiger charge is -2.18. The molecule has 6 heteroatoms. The van der Waals surface area contributed by atoms with Gasteiger partial charge in [0.15, 0.2) is 0 Å². The van der Waals surface area contributed by atoms with E-state index in [0.717, 1.165) is 26.1 Å². The summed E-state index contributed by atoms with van der Waals surface area (Å²) in [6, 6.07) is 7.65. The minimum absolute atomic E-state index is 0. The van der Waals surface area contributed by atoms with Crippen molar-refractivity contribution in [2.24, 2.45) is 11.7 Å². The van der Waals surface area contributed by atoms with Gasteiger partial charge in [0, 0.05) is 24.0 Å². The fourth-order valence-electron chi connectivity index (χ4n) is 2.47. The Hall–Kier alpha value is -0.360. The first-order chi connectivity index (χ1) is 9.04. The van der Waals surface area contributed by atoms with Crippen molar-refractivity contribution in [3.63, 3.8) is 0 Å². The smallest absolute Gasteiger partial charge is 0.288 e. The predicted molar refractivity (Wildman–Crippen MR) is 82.6 cm³/mol. The highest BCUT2D eigenvalue weighted by Gasteiger charge is 2.24. The first kappa shape index (κ1) is 17.7. The van der Waals surface area contributed by atoms with E-state index in [1.165, 1.54) is 5.56 Å². The highest BCUT2D eigenvalue weighted by molar-refractivity contribution is 7.99. The number of likely N-dealkylation sites (tertiary alicyclic amines) is 1. The molecule has 1 aliphatic rings. The van der Waals surface area contributed by atoms with Crippen molar-refractivity contribution >= 4 is 24.2 Å². The van der Waals surface area contributed by atoms with Gasteiger partial charge < -0.3 is 5.73 Å². The maximum atomic E-state index is 12.2. The normalized spacial score (nSPS) is 20.9. The van der Waals surface area contributed by atoms with Gasteiger partial charge in [-0.25, -0.2) is 0 Å². The molecule has 114 valence electrons. The lowest BCUT2D eigenvalue weighted by molar-refractivity contribution is 0.252. The second kappa shape index (κ2) is 8.17. The Morgan fingerprint density at radius 2 is 2.00 bits per heavy atom. The number of nitrogens with zero attached hydrogens (tertiary/aromatic N) is 1. The first-order valence-corrected chi connectivity index (χ1v) is 7.44. The molecule has 1 saturated heterocycles. The Bertz CT molecular complexity index is 401. The van der Waals surface area contributed by atoms with Crippen LogP contribution in [-0.4, -0.2) is 29.8 Å². The number of halogens is 3. The molecule has 2 atom stereocenters. The third-order valence-corrected chi connectivity index (χ3v) is 4.33. The molecule has 0 aliphatic carbocycles. The van der Waals surface area contributed by atoms with E-state index >= 15 is 0 Å². The van der Waals surface area contributed by atoms with E-state index in [-0.39, 0.29) is 18.4 Å². The predicted octanol–water partition coefficient (Wildman–Crippen LogP) is 3.59. The minimum atomic E-state index is -2.35. The molecule has 1 fully saturated rings. The standard InChI is InChI=1S/C14H20F2N2S.ClH/c1-10(17)12-6-7-18(9-12)8-11-2-4-13(5-3-11)19-14(15)16;/h2-5,10,12,14H,6-9,17H2,1H3;1H. The van der Waals surface area contributed by atoms with Crippen LogP contribution in [0.2, 0.25) is 0 Å². The number of hydrogen-bond acceptors (Lipinski definition) is 3. The summed E-state index contributed by atoms with van der Waals surface area (Å²) in [7, 11) is 0. The Labute approximate surface area is 129 Å². The zero-order valence-electron chi connectivity index (χ0n) is 11.5. The molecule has 1 aromatic carbocycles. The zero-order valence-corrected chi connectivity index (χ0v) is 13.1. The van der Waals surface area contributed by atoms with Crippen LogP contribution in [0, 0.1) is 5.92 Å². The van der Waals surface area contributed by atoms with Crippen molar-refractivity contribution in [1.82, 2.24) is 4.90 Å². The molecule has 2 rings (SSSR count). The lowest BCUT2D eigenvalue weighted by atomic mass is 10.0. The van der Waals surface area contributed by atoms with Crippen LogP contribution in [0.15, 0.2) is 29.2 Å². The fourth-order valence-corrected chi connectivity index (χ4v) is 2.97. The molecule has 1 heterocycles. The van der Waals surface area contributed by atoms with Gasteiger partial charge in [-0.05, 0) is 43.5 Å². The van der Waals surface area contributed by atoms with Crippen molar-refractivity contribution in [3.8, 4) is 0 Å². The van der Waals surface area contributed by atoms with E-state index in [1.54, 1.807) is 12.1 Å². The van der Waals surface area contributed by atoms with Crippen LogP contribution >= 0.6 is 24.2 Å². The Kier molecular flexibility index (Phi) is 7.23. The maximum Gasteiger partial charge on any atom is 0.288 e. The van der Waals surface area contributed by atoms with Gasteiger partial charge in [0.05, 0.1) is 0 Å². The molecule has 0 saturated carbocycles. The van der Waals surface area contributed by atoms with Crippen LogP contribution in [0.25, 0.3) is 0 Å². The highest BCUT2D eigenvalue weighted by Crippen LogP contribution is 2.26. The molecular weight excluding hydrogens is 302 g/mol. The number of rotatable bonds is 5. The molecule has 2 nitrogen and oxygen atoms in total. The molecule has 0 amide bonds. The molecular formula is C14H21ClF2N2S. The number of benzene rings is 1. The summed E-state index contributed by atoms with van der Waals surface area (Å²) in [6.07, 6.45) is 1.15. The van der Waals surface area contributed by atoms with Gasteiger partial charge in [-0.3, -0.25) is 4.90 Å². The van der Waals surface area contributed by atoms with E-state index in [1.807, 2.05) is 12.1 Å². The van der Waals surface area contributed by atoms with E-state index in [2.05, 4.69) is 11.8 Å². The highest BCUT2D eigenvalue weighted by atomic mass is 35.5. The summed E-state index contributed by atoms with van der Waals surface area (Å²) in [5.74, 6) is -1.77. The number of thioether (sulfide) groups is 1. The fraction of sp³-hybridized carbons (Fsp3) is 0.571. The van der Waals surface area contributed by atoms with Crippen LogP contribution in [0.4, 0.5) is 8.78 Å². The molecule has 2 N–H and O–H groups in total. The summed E-state index contributed by atoms with van der Waals surface area (Å²) < 4.78 is 24.4. The summed E-state index contributed by atoms with van der Waals surface area (Å²) in [4.78, 5) is 3.00. The Morgan fingerprint density at radius 3 is 2.50 bits per heavy atom. The zero-order chi connectivity index (χ0) is 13.8. The third-order valence-electron chi connectivity index (χ3n) is 3.61. The molecule has 0 spiro atoms. The lowest BCUT2D eigenvalue weighted by Crippen LogP contribution is -2.29. The second-order valence-corrected chi connectivity index (χ2v) is 6.23. The Morgan fingerprint density at radius 1 is 1.35 bits per heavy atom. The molecule has 2 unspecified atom stereocenters. The second-order valence-electron chi connectivity index (χ2n) is 5.17. The number of alkyl halides is 2. The average Bonchev–Trinajstić information content (AvgIpc) is 2.80. The molecule has 0 bridgehead atoms. The summed E-state index contributed by atoms with van der Waals surface area (Å²) in [5, 5.41) is 0. The van der Waals surface area contributed by atoms with E-state index in [9.17, 15) is 8.78 Å². The average molecular weight is 323 g/mol. The molecule has 1 aromatic rings. The van der Waals surface area contributed by atoms with Crippen LogP contribution in [0.1, 0.15) is 18.9 Å². The van der Waals surface area contributed by atoms with Crippen molar-refractivity contribution in [1.29, 1.82) is 0 Å². The molecule has 0 aromatic heterocycles. The van der Waals surface area contributed by atoms with Crippen LogP contribution < -0.4 is 5.73 Å². The van der Waals surface area contributed by atoms with Gasteiger partial charge in [-0.15, -0.1) is 12.4 Å². The molecule has 1 aliphatic heterocycles.